The topological polar surface area (TPSA) is 94.6 Å². The lowest BCUT2D eigenvalue weighted by Gasteiger charge is -2.20. The van der Waals surface area contributed by atoms with Crippen molar-refractivity contribution in [1.82, 2.24) is 19.8 Å². The van der Waals surface area contributed by atoms with Crippen LogP contribution in [0.3, 0.4) is 0 Å². The average Bonchev–Trinajstić information content (AvgIpc) is 3.29. The number of nitrogens with zero attached hydrogens (tertiary/aromatic N) is 3. The minimum atomic E-state index is -0.0554. The van der Waals surface area contributed by atoms with Gasteiger partial charge in [0.1, 0.15) is 13.2 Å². The molecule has 182 valence electrons. The number of rotatable bonds is 8. The van der Waals surface area contributed by atoms with Crippen LogP contribution in [0.1, 0.15) is 12.0 Å². The molecule has 0 bridgehead atoms. The van der Waals surface area contributed by atoms with Gasteiger partial charge in [-0.2, -0.15) is 0 Å². The highest BCUT2D eigenvalue weighted by molar-refractivity contribution is 6.32. The Hall–Kier alpha value is -2.81. The van der Waals surface area contributed by atoms with E-state index in [1.54, 1.807) is 29.9 Å². The second-order valence-corrected chi connectivity index (χ2v) is 9.19. The van der Waals surface area contributed by atoms with Gasteiger partial charge in [-0.05, 0) is 55.1 Å². The van der Waals surface area contributed by atoms with E-state index >= 15 is 0 Å². The van der Waals surface area contributed by atoms with E-state index in [2.05, 4.69) is 21.8 Å². The molecule has 4 heterocycles. The Morgan fingerprint density at radius 3 is 2.94 bits per heavy atom. The number of aryl methyl sites for hydroxylation is 1. The molecule has 2 aliphatic heterocycles. The Labute approximate surface area is 204 Å². The van der Waals surface area contributed by atoms with Crippen molar-refractivity contribution in [3.05, 3.63) is 75.2 Å². The van der Waals surface area contributed by atoms with Crippen molar-refractivity contribution in [2.75, 3.05) is 45.9 Å². The van der Waals surface area contributed by atoms with E-state index in [1.165, 1.54) is 6.20 Å². The minimum absolute atomic E-state index is 0.0554. The van der Waals surface area contributed by atoms with Gasteiger partial charge in [-0.1, -0.05) is 18.2 Å². The first-order valence-corrected chi connectivity index (χ1v) is 12.0. The van der Waals surface area contributed by atoms with Crippen molar-refractivity contribution in [3.63, 3.8) is 0 Å². The SMILES string of the molecule is C=C(/C=C1/OCCO/C1=C/N)CNC[C@H]1CCN(CCc2c(Cl)cnc3ccc(=O)n(C)c23)C1. The Kier molecular flexibility index (Phi) is 7.92. The zero-order valence-corrected chi connectivity index (χ0v) is 20.3. The molecular weight excluding hydrogens is 454 g/mol. The van der Waals surface area contributed by atoms with E-state index in [4.69, 9.17) is 26.8 Å². The van der Waals surface area contributed by atoms with E-state index in [1.807, 2.05) is 6.08 Å². The molecule has 34 heavy (non-hydrogen) atoms. The number of nitrogens with two attached hydrogens (primary N) is 1. The number of nitrogens with one attached hydrogen (secondary N) is 1. The average molecular weight is 486 g/mol. The first-order chi connectivity index (χ1) is 16.5. The summed E-state index contributed by atoms with van der Waals surface area (Å²) in [5.74, 6) is 1.76. The van der Waals surface area contributed by atoms with Gasteiger partial charge < -0.3 is 30.0 Å². The number of hydrogen-bond donors (Lipinski definition) is 2. The van der Waals surface area contributed by atoms with Gasteiger partial charge in [0.25, 0.3) is 5.56 Å². The van der Waals surface area contributed by atoms with Crippen LogP contribution in [-0.4, -0.2) is 60.4 Å². The highest BCUT2D eigenvalue weighted by Gasteiger charge is 2.23. The molecule has 4 rings (SSSR count). The molecule has 2 fully saturated rings. The third kappa shape index (κ3) is 5.63. The van der Waals surface area contributed by atoms with Gasteiger partial charge in [0.05, 0.1) is 16.1 Å². The maximum absolute atomic E-state index is 12.1. The summed E-state index contributed by atoms with van der Waals surface area (Å²) in [6.45, 7) is 9.69. The zero-order valence-electron chi connectivity index (χ0n) is 19.6. The van der Waals surface area contributed by atoms with Gasteiger partial charge in [0.15, 0.2) is 11.5 Å². The number of aromatic nitrogens is 2. The lowest BCUT2D eigenvalue weighted by molar-refractivity contribution is 0.0591. The van der Waals surface area contributed by atoms with E-state index in [0.717, 1.165) is 61.2 Å². The molecule has 8 nitrogen and oxygen atoms in total. The molecule has 1 atom stereocenters. The number of fused-ring (bicyclic) bond motifs is 1. The fourth-order valence-electron chi connectivity index (χ4n) is 4.55. The van der Waals surface area contributed by atoms with E-state index in [0.29, 0.717) is 42.2 Å². The molecule has 3 N–H and O–H groups in total. The fourth-order valence-corrected chi connectivity index (χ4v) is 4.79. The number of pyridine rings is 2. The summed E-state index contributed by atoms with van der Waals surface area (Å²) in [5, 5.41) is 4.12. The Morgan fingerprint density at radius 2 is 2.15 bits per heavy atom. The van der Waals surface area contributed by atoms with Crippen LogP contribution in [0.15, 0.2) is 59.1 Å². The van der Waals surface area contributed by atoms with Crippen LogP contribution in [0.5, 0.6) is 0 Å². The first-order valence-electron chi connectivity index (χ1n) is 11.6. The third-order valence-electron chi connectivity index (χ3n) is 6.34. The van der Waals surface area contributed by atoms with Crippen LogP contribution in [0, 0.1) is 5.92 Å². The third-order valence-corrected chi connectivity index (χ3v) is 6.67. The summed E-state index contributed by atoms with van der Waals surface area (Å²) in [6, 6.07) is 3.30. The van der Waals surface area contributed by atoms with Gasteiger partial charge in [-0.3, -0.25) is 9.78 Å². The van der Waals surface area contributed by atoms with Gasteiger partial charge in [0.2, 0.25) is 0 Å². The van der Waals surface area contributed by atoms with Crippen LogP contribution < -0.4 is 16.6 Å². The van der Waals surface area contributed by atoms with E-state index < -0.39 is 0 Å². The zero-order chi connectivity index (χ0) is 24.1. The standard InChI is InChI=1S/C25H32ClN5O3/c1-17(11-22-23(12-27)34-10-9-33-22)13-28-14-18-5-7-31(16-18)8-6-19-20(26)15-29-21-3-4-24(32)30(2)25(19)21/h3-4,11-12,15,18,28H,1,5-10,13-14,16,27H2,2H3/b22-11+,23-12+/t18-/m1/s1. The molecule has 0 radical (unpaired) electrons. The van der Waals surface area contributed by atoms with E-state index in [9.17, 15) is 4.79 Å². The summed E-state index contributed by atoms with van der Waals surface area (Å²) in [7, 11) is 1.77. The quantitative estimate of drug-likeness (QED) is 0.592. The lowest BCUT2D eigenvalue weighted by atomic mass is 10.1. The molecule has 0 spiro atoms. The summed E-state index contributed by atoms with van der Waals surface area (Å²) >= 11 is 6.48. The number of hydrogen-bond acceptors (Lipinski definition) is 7. The predicted octanol–water partition coefficient (Wildman–Crippen LogP) is 2.33. The van der Waals surface area contributed by atoms with Crippen LogP contribution >= 0.6 is 11.6 Å². The van der Waals surface area contributed by atoms with Gasteiger partial charge >= 0.3 is 0 Å². The molecule has 2 aliphatic rings. The monoisotopic (exact) mass is 485 g/mol. The van der Waals surface area contributed by atoms with Crippen LogP contribution in [-0.2, 0) is 22.9 Å². The smallest absolute Gasteiger partial charge is 0.250 e. The minimum Gasteiger partial charge on any atom is -0.486 e. The van der Waals surface area contributed by atoms with Crippen molar-refractivity contribution in [1.29, 1.82) is 0 Å². The summed E-state index contributed by atoms with van der Waals surface area (Å²) < 4.78 is 12.7. The largest absolute Gasteiger partial charge is 0.486 e. The first kappa shape index (κ1) is 24.3. The predicted molar refractivity (Wildman–Crippen MR) is 135 cm³/mol. The Balaban J connectivity index is 1.27. The summed E-state index contributed by atoms with van der Waals surface area (Å²) in [5.41, 5.74) is 9.05. The molecule has 0 saturated carbocycles. The van der Waals surface area contributed by atoms with Gasteiger partial charge in [-0.25, -0.2) is 0 Å². The molecule has 0 unspecified atom stereocenters. The number of halogens is 1. The van der Waals surface area contributed by atoms with Crippen LogP contribution in [0.2, 0.25) is 5.02 Å². The maximum atomic E-state index is 12.1. The fraction of sp³-hybridized carbons (Fsp3) is 0.440. The molecule has 9 heteroatoms. The highest BCUT2D eigenvalue weighted by Crippen LogP contribution is 2.25. The van der Waals surface area contributed by atoms with Crippen molar-refractivity contribution < 1.29 is 9.47 Å². The Morgan fingerprint density at radius 1 is 1.35 bits per heavy atom. The van der Waals surface area contributed by atoms with Crippen LogP contribution in [0.25, 0.3) is 11.0 Å². The maximum Gasteiger partial charge on any atom is 0.250 e. The number of ether oxygens (including phenoxy) is 2. The normalized spacial score (nSPS) is 21.2. The Bertz CT molecular complexity index is 1170. The number of likely N-dealkylation sites (tertiary alicyclic amines) is 1. The molecular formula is C25H32ClN5O3. The van der Waals surface area contributed by atoms with E-state index in [-0.39, 0.29) is 5.56 Å². The summed E-state index contributed by atoms with van der Waals surface area (Å²) in [4.78, 5) is 19.0. The molecule has 0 aliphatic carbocycles. The highest BCUT2D eigenvalue weighted by atomic mass is 35.5. The molecule has 2 aromatic rings. The van der Waals surface area contributed by atoms with Crippen molar-refractivity contribution in [3.8, 4) is 0 Å². The molecule has 0 amide bonds. The van der Waals surface area contributed by atoms with Crippen molar-refractivity contribution in [2.45, 2.75) is 12.8 Å². The lowest BCUT2D eigenvalue weighted by Crippen LogP contribution is -2.29. The summed E-state index contributed by atoms with van der Waals surface area (Å²) in [6.07, 6.45) is 6.89. The van der Waals surface area contributed by atoms with Crippen molar-refractivity contribution in [2.24, 2.45) is 18.7 Å². The van der Waals surface area contributed by atoms with Gasteiger partial charge in [0, 0.05) is 45.1 Å². The molecule has 2 saturated heterocycles. The van der Waals surface area contributed by atoms with Crippen LogP contribution in [0.4, 0.5) is 0 Å². The van der Waals surface area contributed by atoms with Crippen molar-refractivity contribution >= 4 is 22.6 Å². The molecule has 0 aromatic carbocycles. The second-order valence-electron chi connectivity index (χ2n) is 8.78. The second kappa shape index (κ2) is 11.1. The van der Waals surface area contributed by atoms with Gasteiger partial charge in [-0.15, -0.1) is 0 Å². The molecule has 2 aromatic heterocycles.